The molecule has 1 aliphatic heterocycles. The Morgan fingerprint density at radius 2 is 1.89 bits per heavy atom. The monoisotopic (exact) mass is 250 g/mol. The van der Waals surface area contributed by atoms with Crippen molar-refractivity contribution in [3.63, 3.8) is 0 Å². The van der Waals surface area contributed by atoms with Crippen LogP contribution in [0.25, 0.3) is 0 Å². The smallest absolute Gasteiger partial charge is 0.193 e. The van der Waals surface area contributed by atoms with E-state index < -0.39 is 0 Å². The number of anilines is 1. The van der Waals surface area contributed by atoms with Gasteiger partial charge in [0.05, 0.1) is 5.69 Å². The Morgan fingerprint density at radius 3 is 2.44 bits per heavy atom. The number of nitrogens with one attached hydrogen (secondary N) is 1. The maximum absolute atomic E-state index is 13.7. The first-order valence-electron chi connectivity index (χ1n) is 6.15. The summed E-state index contributed by atoms with van der Waals surface area (Å²) in [7, 11) is 3.64. The van der Waals surface area contributed by atoms with Gasteiger partial charge < -0.3 is 15.1 Å². The topological polar surface area (TPSA) is 30.9 Å². The van der Waals surface area contributed by atoms with Crippen molar-refractivity contribution in [1.82, 2.24) is 10.2 Å². The Balaban J connectivity index is 2.01. The minimum atomic E-state index is -0.149. The number of hydrogen-bond acceptors (Lipinski definition) is 2. The van der Waals surface area contributed by atoms with Crippen molar-refractivity contribution in [2.75, 3.05) is 45.2 Å². The molecule has 0 radical (unpaired) electrons. The van der Waals surface area contributed by atoms with E-state index in [0.717, 1.165) is 32.1 Å². The lowest BCUT2D eigenvalue weighted by Crippen LogP contribution is -2.52. The molecule has 1 N–H and O–H groups in total. The average molecular weight is 250 g/mol. The summed E-state index contributed by atoms with van der Waals surface area (Å²) in [5.74, 6) is 0.743. The van der Waals surface area contributed by atoms with Crippen molar-refractivity contribution < 1.29 is 4.39 Å². The number of guanidine groups is 1. The van der Waals surface area contributed by atoms with Crippen LogP contribution in [0.4, 0.5) is 10.1 Å². The lowest BCUT2D eigenvalue weighted by Gasteiger charge is -2.37. The third-order valence-electron chi connectivity index (χ3n) is 3.21. The number of piperazine rings is 1. The van der Waals surface area contributed by atoms with Gasteiger partial charge in [-0.25, -0.2) is 4.39 Å². The summed E-state index contributed by atoms with van der Waals surface area (Å²) in [4.78, 5) is 8.44. The Labute approximate surface area is 107 Å². The molecular formula is C13H19FN4. The molecule has 0 saturated carbocycles. The number of benzene rings is 1. The molecule has 1 aromatic carbocycles. The van der Waals surface area contributed by atoms with Gasteiger partial charge in [0, 0.05) is 40.3 Å². The summed E-state index contributed by atoms with van der Waals surface area (Å²) in [5.41, 5.74) is 0.691. The summed E-state index contributed by atoms with van der Waals surface area (Å²) in [6, 6.07) is 6.93. The maximum atomic E-state index is 13.7. The van der Waals surface area contributed by atoms with Crippen LogP contribution in [-0.4, -0.2) is 51.1 Å². The zero-order chi connectivity index (χ0) is 13.0. The van der Waals surface area contributed by atoms with Gasteiger partial charge in [0.2, 0.25) is 0 Å². The van der Waals surface area contributed by atoms with Gasteiger partial charge in [-0.15, -0.1) is 0 Å². The molecule has 1 fully saturated rings. The molecule has 2 rings (SSSR count). The lowest BCUT2D eigenvalue weighted by atomic mass is 10.2. The van der Waals surface area contributed by atoms with E-state index in [9.17, 15) is 4.39 Å². The van der Waals surface area contributed by atoms with Gasteiger partial charge in [-0.3, -0.25) is 4.99 Å². The molecule has 1 heterocycles. The molecule has 98 valence electrons. The number of para-hydroxylation sites is 1. The standard InChI is InChI=1S/C13H19FN4/c1-15-13(16-2)18-9-7-17(8-10-18)12-6-4-3-5-11(12)14/h3-6H,7-10H2,1-2H3,(H,15,16). The second kappa shape index (κ2) is 5.71. The van der Waals surface area contributed by atoms with Crippen LogP contribution in [0.3, 0.4) is 0 Å². The molecule has 1 aliphatic rings. The molecule has 0 aliphatic carbocycles. The van der Waals surface area contributed by atoms with Crippen molar-refractivity contribution in [3.05, 3.63) is 30.1 Å². The fraction of sp³-hybridized carbons (Fsp3) is 0.462. The Bertz CT molecular complexity index is 425. The quantitative estimate of drug-likeness (QED) is 0.599. The second-order valence-electron chi connectivity index (χ2n) is 4.22. The van der Waals surface area contributed by atoms with Crippen LogP contribution in [-0.2, 0) is 0 Å². The maximum Gasteiger partial charge on any atom is 0.193 e. The van der Waals surface area contributed by atoms with Crippen molar-refractivity contribution in [3.8, 4) is 0 Å². The molecule has 4 nitrogen and oxygen atoms in total. The van der Waals surface area contributed by atoms with Gasteiger partial charge in [-0.2, -0.15) is 0 Å². The van der Waals surface area contributed by atoms with Gasteiger partial charge in [-0.05, 0) is 12.1 Å². The second-order valence-corrected chi connectivity index (χ2v) is 4.22. The normalized spacial score (nSPS) is 16.9. The van der Waals surface area contributed by atoms with Gasteiger partial charge in [0.25, 0.3) is 0 Å². The molecule has 0 amide bonds. The van der Waals surface area contributed by atoms with E-state index in [-0.39, 0.29) is 5.82 Å². The molecule has 0 aromatic heterocycles. The van der Waals surface area contributed by atoms with Gasteiger partial charge in [0.1, 0.15) is 5.82 Å². The molecule has 0 spiro atoms. The molecule has 5 heteroatoms. The third-order valence-corrected chi connectivity index (χ3v) is 3.21. The Morgan fingerprint density at radius 1 is 1.22 bits per heavy atom. The summed E-state index contributed by atoms with van der Waals surface area (Å²) in [5, 5.41) is 3.07. The van der Waals surface area contributed by atoms with Crippen LogP contribution in [0.1, 0.15) is 0 Å². The van der Waals surface area contributed by atoms with E-state index in [4.69, 9.17) is 0 Å². The molecule has 0 bridgehead atoms. The average Bonchev–Trinajstić information content (AvgIpc) is 2.42. The molecular weight excluding hydrogens is 231 g/mol. The van der Waals surface area contributed by atoms with Crippen molar-refractivity contribution in [2.24, 2.45) is 4.99 Å². The van der Waals surface area contributed by atoms with Crippen molar-refractivity contribution in [2.45, 2.75) is 0 Å². The van der Waals surface area contributed by atoms with Crippen LogP contribution in [0.2, 0.25) is 0 Å². The fourth-order valence-corrected chi connectivity index (χ4v) is 2.28. The third kappa shape index (κ3) is 2.55. The highest BCUT2D eigenvalue weighted by Crippen LogP contribution is 2.19. The highest BCUT2D eigenvalue weighted by molar-refractivity contribution is 5.79. The minimum Gasteiger partial charge on any atom is -0.366 e. The zero-order valence-corrected chi connectivity index (χ0v) is 10.9. The summed E-state index contributed by atoms with van der Waals surface area (Å²) in [6.45, 7) is 3.31. The van der Waals surface area contributed by atoms with E-state index in [1.165, 1.54) is 6.07 Å². The number of nitrogens with zero attached hydrogens (tertiary/aromatic N) is 3. The molecule has 1 aromatic rings. The van der Waals surface area contributed by atoms with Crippen LogP contribution < -0.4 is 10.2 Å². The van der Waals surface area contributed by atoms with Crippen LogP contribution in [0.5, 0.6) is 0 Å². The summed E-state index contributed by atoms with van der Waals surface area (Å²) >= 11 is 0. The minimum absolute atomic E-state index is 0.149. The van der Waals surface area contributed by atoms with E-state index in [0.29, 0.717) is 5.69 Å². The molecule has 0 atom stereocenters. The Hall–Kier alpha value is -1.78. The number of halogens is 1. The van der Waals surface area contributed by atoms with E-state index in [1.54, 1.807) is 13.1 Å². The predicted molar refractivity (Wildman–Crippen MR) is 72.6 cm³/mol. The van der Waals surface area contributed by atoms with Gasteiger partial charge in [0.15, 0.2) is 5.96 Å². The zero-order valence-electron chi connectivity index (χ0n) is 10.9. The molecule has 18 heavy (non-hydrogen) atoms. The van der Waals surface area contributed by atoms with E-state index >= 15 is 0 Å². The summed E-state index contributed by atoms with van der Waals surface area (Å²) < 4.78 is 13.7. The summed E-state index contributed by atoms with van der Waals surface area (Å²) in [6.07, 6.45) is 0. The van der Waals surface area contributed by atoms with Crippen molar-refractivity contribution >= 4 is 11.6 Å². The highest BCUT2D eigenvalue weighted by atomic mass is 19.1. The highest BCUT2D eigenvalue weighted by Gasteiger charge is 2.20. The molecule has 0 unspecified atom stereocenters. The van der Waals surface area contributed by atoms with Gasteiger partial charge in [-0.1, -0.05) is 12.1 Å². The number of aliphatic imine (C=N–C) groups is 1. The van der Waals surface area contributed by atoms with Crippen LogP contribution >= 0.6 is 0 Å². The predicted octanol–water partition coefficient (Wildman–Crippen LogP) is 1.15. The molecule has 1 saturated heterocycles. The first-order chi connectivity index (χ1) is 8.76. The Kier molecular flexibility index (Phi) is 4.02. The van der Waals surface area contributed by atoms with E-state index in [2.05, 4.69) is 20.1 Å². The first kappa shape index (κ1) is 12.7. The number of hydrogen-bond donors (Lipinski definition) is 1. The fourth-order valence-electron chi connectivity index (χ4n) is 2.28. The van der Waals surface area contributed by atoms with E-state index in [1.807, 2.05) is 19.2 Å². The first-order valence-corrected chi connectivity index (χ1v) is 6.15. The largest absolute Gasteiger partial charge is 0.366 e. The SMILES string of the molecule is CN=C(NC)N1CCN(c2ccccc2F)CC1. The van der Waals surface area contributed by atoms with Crippen molar-refractivity contribution in [1.29, 1.82) is 0 Å². The van der Waals surface area contributed by atoms with Crippen LogP contribution in [0, 0.1) is 5.82 Å². The van der Waals surface area contributed by atoms with Gasteiger partial charge >= 0.3 is 0 Å². The lowest BCUT2D eigenvalue weighted by molar-refractivity contribution is 0.373. The number of rotatable bonds is 1. The van der Waals surface area contributed by atoms with Crippen LogP contribution in [0.15, 0.2) is 29.3 Å².